The van der Waals surface area contributed by atoms with Crippen molar-refractivity contribution in [2.75, 3.05) is 20.2 Å². The minimum atomic E-state index is 0.200. The fourth-order valence-electron chi connectivity index (χ4n) is 1.91. The molecule has 1 fully saturated rings. The van der Waals surface area contributed by atoms with E-state index in [1.807, 2.05) is 12.1 Å². The van der Waals surface area contributed by atoms with Gasteiger partial charge in [0.1, 0.15) is 5.75 Å². The molecule has 0 atom stereocenters. The van der Waals surface area contributed by atoms with Crippen molar-refractivity contribution in [3.05, 3.63) is 29.8 Å². The van der Waals surface area contributed by atoms with E-state index in [-0.39, 0.29) is 5.54 Å². The molecule has 15 heavy (non-hydrogen) atoms. The van der Waals surface area contributed by atoms with Gasteiger partial charge in [-0.1, -0.05) is 12.1 Å². The summed E-state index contributed by atoms with van der Waals surface area (Å²) in [5, 5.41) is 3.51. The second kappa shape index (κ2) is 4.21. The summed E-state index contributed by atoms with van der Waals surface area (Å²) in [4.78, 5) is 0. The van der Waals surface area contributed by atoms with Crippen LogP contribution in [0.25, 0.3) is 0 Å². The first-order valence-corrected chi connectivity index (χ1v) is 5.40. The molecule has 0 radical (unpaired) electrons. The molecule has 0 heterocycles. The lowest BCUT2D eigenvalue weighted by Crippen LogP contribution is -2.33. The van der Waals surface area contributed by atoms with E-state index >= 15 is 0 Å². The third kappa shape index (κ3) is 2.13. The average molecular weight is 206 g/mol. The van der Waals surface area contributed by atoms with Gasteiger partial charge in [0, 0.05) is 18.6 Å². The van der Waals surface area contributed by atoms with Crippen LogP contribution in [-0.4, -0.2) is 20.2 Å². The molecule has 3 nitrogen and oxygen atoms in total. The van der Waals surface area contributed by atoms with Crippen molar-refractivity contribution in [1.82, 2.24) is 5.32 Å². The molecule has 82 valence electrons. The van der Waals surface area contributed by atoms with E-state index in [2.05, 4.69) is 17.4 Å². The van der Waals surface area contributed by atoms with Gasteiger partial charge in [-0.2, -0.15) is 0 Å². The average Bonchev–Trinajstić information content (AvgIpc) is 3.08. The zero-order valence-electron chi connectivity index (χ0n) is 9.12. The number of hydrogen-bond acceptors (Lipinski definition) is 3. The third-order valence-electron chi connectivity index (χ3n) is 3.00. The Hall–Kier alpha value is -1.06. The number of nitrogens with two attached hydrogens (primary N) is 1. The fourth-order valence-corrected chi connectivity index (χ4v) is 1.91. The summed E-state index contributed by atoms with van der Waals surface area (Å²) in [5.74, 6) is 0.911. The van der Waals surface area contributed by atoms with Gasteiger partial charge >= 0.3 is 0 Å². The van der Waals surface area contributed by atoms with Gasteiger partial charge < -0.3 is 15.8 Å². The second-order valence-corrected chi connectivity index (χ2v) is 4.03. The van der Waals surface area contributed by atoms with E-state index in [1.54, 1.807) is 7.11 Å². The molecule has 1 aromatic carbocycles. The molecular formula is C12H18N2O. The summed E-state index contributed by atoms with van der Waals surface area (Å²) in [6, 6.07) is 8.30. The highest BCUT2D eigenvalue weighted by Gasteiger charge is 2.43. The van der Waals surface area contributed by atoms with Crippen molar-refractivity contribution in [3.63, 3.8) is 0 Å². The Morgan fingerprint density at radius 2 is 2.00 bits per heavy atom. The highest BCUT2D eigenvalue weighted by atomic mass is 16.5. The lowest BCUT2D eigenvalue weighted by atomic mass is 10.0. The number of nitrogens with one attached hydrogen (secondary N) is 1. The number of benzene rings is 1. The predicted octanol–water partition coefficient (Wildman–Crippen LogP) is 1.23. The van der Waals surface area contributed by atoms with Crippen LogP contribution in [0.4, 0.5) is 0 Å². The van der Waals surface area contributed by atoms with Crippen LogP contribution >= 0.6 is 0 Å². The smallest absolute Gasteiger partial charge is 0.118 e. The number of ether oxygens (including phenoxy) is 1. The number of methoxy groups -OCH3 is 1. The zero-order chi connectivity index (χ0) is 10.7. The lowest BCUT2D eigenvalue weighted by molar-refractivity contribution is 0.414. The van der Waals surface area contributed by atoms with Crippen LogP contribution in [0.1, 0.15) is 18.4 Å². The Labute approximate surface area is 90.6 Å². The summed E-state index contributed by atoms with van der Waals surface area (Å²) in [5.41, 5.74) is 7.05. The Morgan fingerprint density at radius 1 is 1.33 bits per heavy atom. The third-order valence-corrected chi connectivity index (χ3v) is 3.00. The van der Waals surface area contributed by atoms with Gasteiger partial charge in [-0.3, -0.25) is 0 Å². The first kappa shape index (κ1) is 10.5. The van der Waals surface area contributed by atoms with Gasteiger partial charge in [-0.05, 0) is 30.5 Å². The Bertz CT molecular complexity index is 317. The van der Waals surface area contributed by atoms with Crippen LogP contribution in [0.2, 0.25) is 0 Å². The van der Waals surface area contributed by atoms with E-state index in [0.29, 0.717) is 6.54 Å². The maximum atomic E-state index is 5.50. The second-order valence-electron chi connectivity index (χ2n) is 4.03. The van der Waals surface area contributed by atoms with Crippen molar-refractivity contribution in [2.24, 2.45) is 5.73 Å². The molecule has 0 aromatic heterocycles. The molecule has 0 saturated heterocycles. The summed E-state index contributed by atoms with van der Waals surface area (Å²) in [7, 11) is 1.69. The summed E-state index contributed by atoms with van der Waals surface area (Å²) < 4.78 is 5.14. The fraction of sp³-hybridized carbons (Fsp3) is 0.500. The number of hydrogen-bond donors (Lipinski definition) is 2. The van der Waals surface area contributed by atoms with Crippen LogP contribution in [0.5, 0.6) is 5.75 Å². The van der Waals surface area contributed by atoms with E-state index < -0.39 is 0 Å². The zero-order valence-corrected chi connectivity index (χ0v) is 9.12. The quantitative estimate of drug-likeness (QED) is 0.762. The Kier molecular flexibility index (Phi) is 2.93. The van der Waals surface area contributed by atoms with Crippen LogP contribution in [0.15, 0.2) is 24.3 Å². The van der Waals surface area contributed by atoms with Gasteiger partial charge in [-0.25, -0.2) is 0 Å². The molecule has 1 aliphatic carbocycles. The van der Waals surface area contributed by atoms with Crippen molar-refractivity contribution in [3.8, 4) is 5.75 Å². The molecule has 0 amide bonds. The lowest BCUT2D eigenvalue weighted by Gasteiger charge is -2.17. The maximum absolute atomic E-state index is 5.50. The molecule has 3 heteroatoms. The van der Waals surface area contributed by atoms with E-state index in [9.17, 15) is 0 Å². The van der Waals surface area contributed by atoms with Crippen molar-refractivity contribution in [2.45, 2.75) is 18.4 Å². The van der Waals surface area contributed by atoms with Crippen LogP contribution in [0.3, 0.4) is 0 Å². The van der Waals surface area contributed by atoms with Gasteiger partial charge in [0.15, 0.2) is 0 Å². The molecule has 1 saturated carbocycles. The Morgan fingerprint density at radius 3 is 2.47 bits per heavy atom. The van der Waals surface area contributed by atoms with E-state index in [4.69, 9.17) is 10.5 Å². The Balaban J connectivity index is 2.08. The largest absolute Gasteiger partial charge is 0.497 e. The molecule has 0 aliphatic heterocycles. The van der Waals surface area contributed by atoms with Crippen LogP contribution in [-0.2, 0) is 5.54 Å². The molecule has 1 aliphatic rings. The minimum absolute atomic E-state index is 0.200. The SMILES string of the molecule is COc1ccc(C2(NCCN)CC2)cc1. The highest BCUT2D eigenvalue weighted by Crippen LogP contribution is 2.45. The van der Waals surface area contributed by atoms with Gasteiger partial charge in [0.05, 0.1) is 7.11 Å². The van der Waals surface area contributed by atoms with Gasteiger partial charge in [0.25, 0.3) is 0 Å². The molecule has 3 N–H and O–H groups in total. The molecule has 0 bridgehead atoms. The van der Waals surface area contributed by atoms with Crippen LogP contribution in [0, 0.1) is 0 Å². The topological polar surface area (TPSA) is 47.3 Å². The molecule has 1 aromatic rings. The van der Waals surface area contributed by atoms with E-state index in [0.717, 1.165) is 12.3 Å². The molecule has 0 spiro atoms. The summed E-state index contributed by atoms with van der Waals surface area (Å²) >= 11 is 0. The monoisotopic (exact) mass is 206 g/mol. The highest BCUT2D eigenvalue weighted by molar-refractivity contribution is 5.35. The number of rotatable bonds is 5. The predicted molar refractivity (Wildman–Crippen MR) is 61.0 cm³/mol. The molecule has 2 rings (SSSR count). The van der Waals surface area contributed by atoms with Crippen molar-refractivity contribution >= 4 is 0 Å². The maximum Gasteiger partial charge on any atom is 0.118 e. The van der Waals surface area contributed by atoms with Crippen molar-refractivity contribution in [1.29, 1.82) is 0 Å². The van der Waals surface area contributed by atoms with E-state index in [1.165, 1.54) is 18.4 Å². The summed E-state index contributed by atoms with van der Waals surface area (Å²) in [6.45, 7) is 1.57. The van der Waals surface area contributed by atoms with Gasteiger partial charge in [0.2, 0.25) is 0 Å². The van der Waals surface area contributed by atoms with Gasteiger partial charge in [-0.15, -0.1) is 0 Å². The minimum Gasteiger partial charge on any atom is -0.497 e. The normalized spacial score (nSPS) is 17.5. The molecular weight excluding hydrogens is 188 g/mol. The standard InChI is InChI=1S/C12H18N2O/c1-15-11-4-2-10(3-5-11)12(6-7-12)14-9-8-13/h2-5,14H,6-9,13H2,1H3. The molecule has 0 unspecified atom stereocenters. The van der Waals surface area contributed by atoms with Crippen molar-refractivity contribution < 1.29 is 4.74 Å². The first-order chi connectivity index (χ1) is 7.30. The summed E-state index contributed by atoms with van der Waals surface area (Å²) in [6.07, 6.45) is 2.42. The van der Waals surface area contributed by atoms with Crippen LogP contribution < -0.4 is 15.8 Å². The first-order valence-electron chi connectivity index (χ1n) is 5.40.